The maximum Gasteiger partial charge on any atom is 0.0749 e. The lowest BCUT2D eigenvalue weighted by molar-refractivity contribution is 0.116. The molecule has 1 nitrogen and oxygen atoms in total. The van der Waals surface area contributed by atoms with Crippen molar-refractivity contribution in [1.82, 2.24) is 0 Å². The third-order valence-electron chi connectivity index (χ3n) is 0.773. The molecule has 0 aliphatic heterocycles. The van der Waals surface area contributed by atoms with Crippen LogP contribution in [0.1, 0.15) is 13.8 Å². The van der Waals surface area contributed by atoms with Crippen LogP contribution in [0.2, 0.25) is 0 Å². The number of ether oxygens (including phenoxy) is 1. The molecule has 0 aromatic heterocycles. The van der Waals surface area contributed by atoms with E-state index in [0.29, 0.717) is 6.10 Å². The Hall–Kier alpha value is -0.0831. The average molecular weight is 130 g/mol. The molecule has 0 aliphatic rings. The monoisotopic (exact) mass is 130 g/mol. The van der Waals surface area contributed by atoms with Crippen molar-refractivity contribution in [3.8, 4) is 0 Å². The minimum atomic E-state index is -0.0794. The summed E-state index contributed by atoms with van der Waals surface area (Å²) in [5, 5.41) is 0. The van der Waals surface area contributed by atoms with Gasteiger partial charge >= 0.3 is 0 Å². The van der Waals surface area contributed by atoms with E-state index in [1.807, 2.05) is 5.70 Å². The van der Waals surface area contributed by atoms with Gasteiger partial charge in [-0.1, -0.05) is 0 Å². The number of hydrogen-bond acceptors (Lipinski definition) is 1. The molecule has 0 aliphatic carbocycles. The summed E-state index contributed by atoms with van der Waals surface area (Å²) in [7, 11) is -0.0794. The van der Waals surface area contributed by atoms with Crippen molar-refractivity contribution in [2.75, 3.05) is 6.23 Å². The first kappa shape index (κ1) is 7.92. The molecule has 0 rings (SSSR count). The van der Waals surface area contributed by atoms with Crippen molar-refractivity contribution < 1.29 is 4.74 Å². The van der Waals surface area contributed by atoms with E-state index in [-0.39, 0.29) is 9.52 Å². The second kappa shape index (κ2) is 5.06. The van der Waals surface area contributed by atoms with Crippen LogP contribution in [0.5, 0.6) is 0 Å². The minimum absolute atomic E-state index is 0.0794. The van der Waals surface area contributed by atoms with Crippen molar-refractivity contribution in [3.63, 3.8) is 0 Å². The molecule has 0 aromatic rings. The predicted molar refractivity (Wildman–Crippen MR) is 39.8 cm³/mol. The molecule has 0 spiro atoms. The highest BCUT2D eigenvalue weighted by atomic mass is 28.2. The van der Waals surface area contributed by atoms with E-state index >= 15 is 0 Å². The van der Waals surface area contributed by atoms with Gasteiger partial charge in [0.05, 0.1) is 15.6 Å². The smallest absolute Gasteiger partial charge is 0.0749 e. The second-order valence-electron chi connectivity index (χ2n) is 2.00. The van der Waals surface area contributed by atoms with Gasteiger partial charge in [0, 0.05) is 6.23 Å². The molecular weight excluding hydrogens is 116 g/mol. The maximum absolute atomic E-state index is 5.27. The molecule has 0 aromatic carbocycles. The highest BCUT2D eigenvalue weighted by molar-refractivity contribution is 6.41. The summed E-state index contributed by atoms with van der Waals surface area (Å²) in [5.74, 6) is 0. The molecule has 0 amide bonds. The molecule has 0 fully saturated rings. The van der Waals surface area contributed by atoms with E-state index in [4.69, 9.17) is 4.74 Å². The molecule has 0 N–H and O–H groups in total. The lowest BCUT2D eigenvalue weighted by Crippen LogP contribution is -2.07. The Kier molecular flexibility index (Phi) is 5.01. The van der Waals surface area contributed by atoms with Gasteiger partial charge < -0.3 is 4.74 Å². The highest BCUT2D eigenvalue weighted by Gasteiger charge is 1.88. The second-order valence-corrected chi connectivity index (χ2v) is 3.56. The van der Waals surface area contributed by atoms with Crippen LogP contribution < -0.4 is 0 Å². The molecule has 8 heavy (non-hydrogen) atoms. The summed E-state index contributed by atoms with van der Waals surface area (Å²) < 4.78 is 5.27. The first-order valence-corrected chi connectivity index (χ1v) is 4.81. The Morgan fingerprint density at radius 1 is 1.75 bits per heavy atom. The summed E-state index contributed by atoms with van der Waals surface area (Å²) in [4.78, 5) is 0. The molecule has 0 radical (unpaired) electrons. The highest BCUT2D eigenvalue weighted by Crippen LogP contribution is 1.84. The van der Waals surface area contributed by atoms with Crippen LogP contribution >= 0.6 is 0 Å². The van der Waals surface area contributed by atoms with Crippen molar-refractivity contribution >= 4 is 9.52 Å². The molecule has 0 bridgehead atoms. The lowest BCUT2D eigenvalue weighted by Gasteiger charge is -2.03. The van der Waals surface area contributed by atoms with Gasteiger partial charge in [-0.25, -0.2) is 0 Å². The SMILES string of the molecule is C=C[SiH2]COC(C)C. The molecular formula is C6H14OSi. The van der Waals surface area contributed by atoms with Crippen LogP contribution in [-0.2, 0) is 4.74 Å². The zero-order valence-electron chi connectivity index (χ0n) is 5.68. The van der Waals surface area contributed by atoms with E-state index in [0.717, 1.165) is 6.23 Å². The number of rotatable bonds is 4. The molecule has 0 unspecified atom stereocenters. The Labute approximate surface area is 53.6 Å². The maximum atomic E-state index is 5.27. The van der Waals surface area contributed by atoms with E-state index in [1.54, 1.807) is 0 Å². The quantitative estimate of drug-likeness (QED) is 0.402. The van der Waals surface area contributed by atoms with Crippen molar-refractivity contribution in [2.45, 2.75) is 20.0 Å². The summed E-state index contributed by atoms with van der Waals surface area (Å²) in [6.07, 6.45) is 1.34. The largest absolute Gasteiger partial charge is 0.382 e. The summed E-state index contributed by atoms with van der Waals surface area (Å²) in [6.45, 7) is 7.75. The lowest BCUT2D eigenvalue weighted by atomic mass is 10.5. The normalized spacial score (nSPS) is 11.4. The molecule has 0 heterocycles. The van der Waals surface area contributed by atoms with Gasteiger partial charge in [-0.05, 0) is 13.8 Å². The minimum Gasteiger partial charge on any atom is -0.382 e. The van der Waals surface area contributed by atoms with Crippen molar-refractivity contribution in [2.24, 2.45) is 0 Å². The Morgan fingerprint density at radius 2 is 2.38 bits per heavy atom. The Morgan fingerprint density at radius 3 is 2.75 bits per heavy atom. The van der Waals surface area contributed by atoms with Crippen LogP contribution in [0.3, 0.4) is 0 Å². The molecule has 0 saturated carbocycles. The van der Waals surface area contributed by atoms with Crippen LogP contribution in [0.25, 0.3) is 0 Å². The van der Waals surface area contributed by atoms with Gasteiger partial charge in [0.2, 0.25) is 0 Å². The van der Waals surface area contributed by atoms with Gasteiger partial charge in [-0.3, -0.25) is 0 Å². The van der Waals surface area contributed by atoms with E-state index < -0.39 is 0 Å². The van der Waals surface area contributed by atoms with E-state index in [2.05, 4.69) is 20.4 Å². The van der Waals surface area contributed by atoms with Crippen LogP contribution in [0, 0.1) is 0 Å². The van der Waals surface area contributed by atoms with Crippen LogP contribution in [-0.4, -0.2) is 21.9 Å². The fraction of sp³-hybridized carbons (Fsp3) is 0.667. The zero-order valence-corrected chi connectivity index (χ0v) is 7.10. The third kappa shape index (κ3) is 5.92. The van der Waals surface area contributed by atoms with Crippen molar-refractivity contribution in [3.05, 3.63) is 12.3 Å². The van der Waals surface area contributed by atoms with Crippen LogP contribution in [0.4, 0.5) is 0 Å². The van der Waals surface area contributed by atoms with Gasteiger partial charge in [0.25, 0.3) is 0 Å². The zero-order chi connectivity index (χ0) is 6.41. The topological polar surface area (TPSA) is 9.23 Å². The van der Waals surface area contributed by atoms with E-state index in [9.17, 15) is 0 Å². The Bertz CT molecular complexity index is 61.5. The van der Waals surface area contributed by atoms with Gasteiger partial charge in [-0.2, -0.15) is 0 Å². The molecule has 48 valence electrons. The van der Waals surface area contributed by atoms with Gasteiger partial charge in [0.1, 0.15) is 0 Å². The summed E-state index contributed by atoms with van der Waals surface area (Å²) >= 11 is 0. The van der Waals surface area contributed by atoms with Gasteiger partial charge in [-0.15, -0.1) is 12.3 Å². The first-order chi connectivity index (χ1) is 3.77. The van der Waals surface area contributed by atoms with Crippen molar-refractivity contribution in [1.29, 1.82) is 0 Å². The van der Waals surface area contributed by atoms with Crippen LogP contribution in [0.15, 0.2) is 12.3 Å². The third-order valence-corrected chi connectivity index (χ3v) is 1.65. The van der Waals surface area contributed by atoms with Gasteiger partial charge in [0.15, 0.2) is 0 Å². The molecule has 0 saturated heterocycles. The number of hydrogen-bond donors (Lipinski definition) is 0. The first-order valence-electron chi connectivity index (χ1n) is 3.00. The fourth-order valence-electron chi connectivity index (χ4n) is 0.387. The van der Waals surface area contributed by atoms with E-state index in [1.165, 1.54) is 0 Å². The standard InChI is InChI=1S/C6H14OSi/c1-4-8-5-7-6(2)3/h4,6H,1,5,8H2,2-3H3. The average Bonchev–Trinajstić information content (AvgIpc) is 1.66. The fourth-order valence-corrected chi connectivity index (χ4v) is 1.16. The summed E-state index contributed by atoms with van der Waals surface area (Å²) in [6, 6.07) is 0. The predicted octanol–water partition coefficient (Wildman–Crippen LogP) is 0.681. The summed E-state index contributed by atoms with van der Waals surface area (Å²) in [5.41, 5.74) is 2.00. The molecule has 2 heteroatoms. The Balaban J connectivity index is 2.81. The molecule has 0 atom stereocenters.